The summed E-state index contributed by atoms with van der Waals surface area (Å²) in [6, 6.07) is 8.45. The summed E-state index contributed by atoms with van der Waals surface area (Å²) in [6.45, 7) is 21.5. The maximum Gasteiger partial charge on any atom is -0.0195 e. The summed E-state index contributed by atoms with van der Waals surface area (Å²) in [6.07, 6.45) is 14.6. The van der Waals surface area contributed by atoms with E-state index in [0.717, 1.165) is 6.42 Å². The van der Waals surface area contributed by atoms with Gasteiger partial charge in [-0.15, -0.1) is 0 Å². The first kappa shape index (κ1) is 26.8. The minimum absolute atomic E-state index is 1.05. The Hall–Kier alpha value is -2.08. The number of allylic oxidation sites excluding steroid dienone is 8. The number of hydrogen-bond acceptors (Lipinski definition) is 0. The van der Waals surface area contributed by atoms with E-state index in [2.05, 4.69) is 57.3 Å². The topological polar surface area (TPSA) is 0 Å². The molecule has 134 valence electrons. The number of rotatable bonds is 4. The van der Waals surface area contributed by atoms with Gasteiger partial charge in [-0.05, 0) is 50.8 Å². The van der Waals surface area contributed by atoms with Crippen molar-refractivity contribution in [3.8, 4) is 0 Å². The van der Waals surface area contributed by atoms with E-state index in [1.807, 2.05) is 65.0 Å². The van der Waals surface area contributed by atoms with Crippen LogP contribution in [-0.2, 0) is 0 Å². The first-order chi connectivity index (χ1) is 11.6. The molecule has 0 heteroatoms. The molecule has 24 heavy (non-hydrogen) atoms. The average molecular weight is 327 g/mol. The second-order valence-corrected chi connectivity index (χ2v) is 4.52. The van der Waals surface area contributed by atoms with E-state index in [9.17, 15) is 0 Å². The summed E-state index contributed by atoms with van der Waals surface area (Å²) in [5, 5.41) is 0. The zero-order valence-corrected chi connectivity index (χ0v) is 17.0. The fourth-order valence-corrected chi connectivity index (χ4v) is 1.61. The highest BCUT2D eigenvalue weighted by Gasteiger charge is 2.00. The molecule has 0 saturated heterocycles. The standard InChI is InChI=1S/C13H16.C5H8.C4H8.C2H6/c1-4-8-12(5-2)13-10-7-6-9-11(13)3;1-3-5-4-2;1-3-4-2;1-2/h4,6-10H,1,5H2,2-3H3;3-5H,1H2,2H3;3-4H,1-2H3;1-2H3/b12-8+;5-4-;4-3-;. The summed E-state index contributed by atoms with van der Waals surface area (Å²) in [5.74, 6) is 0. The zero-order valence-electron chi connectivity index (χ0n) is 17.0. The van der Waals surface area contributed by atoms with Crippen LogP contribution in [0.4, 0.5) is 0 Å². The van der Waals surface area contributed by atoms with Gasteiger partial charge in [-0.2, -0.15) is 0 Å². The molecular formula is C24H38. The van der Waals surface area contributed by atoms with Crippen molar-refractivity contribution >= 4 is 5.57 Å². The number of benzene rings is 1. The molecule has 1 rings (SSSR count). The van der Waals surface area contributed by atoms with Crippen LogP contribution < -0.4 is 0 Å². The number of hydrogen-bond donors (Lipinski definition) is 0. The Morgan fingerprint density at radius 3 is 1.75 bits per heavy atom. The molecule has 0 radical (unpaired) electrons. The first-order valence-electron chi connectivity index (χ1n) is 8.81. The SMILES string of the molecule is C/C=C\C.C=C/C=C(\CC)c1ccccc1C.C=C/C=C\C.CC. The average Bonchev–Trinajstić information content (AvgIpc) is 2.63. The van der Waals surface area contributed by atoms with Gasteiger partial charge < -0.3 is 0 Å². The van der Waals surface area contributed by atoms with E-state index < -0.39 is 0 Å². The van der Waals surface area contributed by atoms with Crippen LogP contribution in [0.1, 0.15) is 59.1 Å². The predicted octanol–water partition coefficient (Wildman–Crippen LogP) is 8.33. The first-order valence-corrected chi connectivity index (χ1v) is 8.81. The molecular weight excluding hydrogens is 288 g/mol. The predicted molar refractivity (Wildman–Crippen MR) is 116 cm³/mol. The summed E-state index contributed by atoms with van der Waals surface area (Å²) < 4.78 is 0. The minimum Gasteiger partial charge on any atom is -0.0991 e. The smallest absolute Gasteiger partial charge is 0.0195 e. The van der Waals surface area contributed by atoms with Crippen molar-refractivity contribution in [3.63, 3.8) is 0 Å². The van der Waals surface area contributed by atoms with Crippen molar-refractivity contribution in [1.29, 1.82) is 0 Å². The Labute approximate surface area is 152 Å². The summed E-state index contributed by atoms with van der Waals surface area (Å²) >= 11 is 0. The maximum absolute atomic E-state index is 3.73. The van der Waals surface area contributed by atoms with Crippen LogP contribution >= 0.6 is 0 Å². The van der Waals surface area contributed by atoms with Gasteiger partial charge in [-0.25, -0.2) is 0 Å². The van der Waals surface area contributed by atoms with Gasteiger partial charge in [0, 0.05) is 0 Å². The van der Waals surface area contributed by atoms with Crippen molar-refractivity contribution in [1.82, 2.24) is 0 Å². The molecule has 0 unspecified atom stereocenters. The monoisotopic (exact) mass is 326 g/mol. The van der Waals surface area contributed by atoms with E-state index in [1.54, 1.807) is 6.08 Å². The second-order valence-electron chi connectivity index (χ2n) is 4.52. The molecule has 0 aliphatic rings. The fraction of sp³-hybridized carbons (Fsp3) is 0.333. The molecule has 1 aromatic rings. The fourth-order valence-electron chi connectivity index (χ4n) is 1.61. The highest BCUT2D eigenvalue weighted by atomic mass is 14.0. The van der Waals surface area contributed by atoms with Gasteiger partial charge in [0.15, 0.2) is 0 Å². The Morgan fingerprint density at radius 2 is 1.46 bits per heavy atom. The molecule has 0 heterocycles. The van der Waals surface area contributed by atoms with Crippen molar-refractivity contribution < 1.29 is 0 Å². The van der Waals surface area contributed by atoms with Crippen LogP contribution in [0.25, 0.3) is 5.57 Å². The third-order valence-corrected chi connectivity index (χ3v) is 2.85. The lowest BCUT2D eigenvalue weighted by molar-refractivity contribution is 1.22. The summed E-state index contributed by atoms with van der Waals surface area (Å²) in [7, 11) is 0. The molecule has 0 N–H and O–H groups in total. The van der Waals surface area contributed by atoms with Crippen LogP contribution in [0.2, 0.25) is 0 Å². The third kappa shape index (κ3) is 16.3. The van der Waals surface area contributed by atoms with E-state index >= 15 is 0 Å². The summed E-state index contributed by atoms with van der Waals surface area (Å²) in [5.41, 5.74) is 4.02. The van der Waals surface area contributed by atoms with Crippen LogP contribution in [-0.4, -0.2) is 0 Å². The molecule has 0 amide bonds. The molecule has 0 aliphatic carbocycles. The maximum atomic E-state index is 3.73. The highest BCUT2D eigenvalue weighted by Crippen LogP contribution is 2.21. The molecule has 0 atom stereocenters. The van der Waals surface area contributed by atoms with Gasteiger partial charge in [-0.3, -0.25) is 0 Å². The number of aryl methyl sites for hydroxylation is 1. The lowest BCUT2D eigenvalue weighted by Gasteiger charge is -2.07. The van der Waals surface area contributed by atoms with Gasteiger partial charge in [0.1, 0.15) is 0 Å². The van der Waals surface area contributed by atoms with E-state index in [4.69, 9.17) is 0 Å². The lowest BCUT2D eigenvalue weighted by Crippen LogP contribution is -1.86. The molecule has 0 spiro atoms. The molecule has 1 aromatic carbocycles. The quantitative estimate of drug-likeness (QED) is 0.385. The van der Waals surface area contributed by atoms with Crippen molar-refractivity contribution in [2.45, 2.75) is 54.9 Å². The van der Waals surface area contributed by atoms with Crippen LogP contribution in [0.3, 0.4) is 0 Å². The lowest BCUT2D eigenvalue weighted by atomic mass is 9.98. The van der Waals surface area contributed by atoms with Gasteiger partial charge in [0.25, 0.3) is 0 Å². The van der Waals surface area contributed by atoms with Gasteiger partial charge in [-0.1, -0.05) is 101 Å². The Balaban J connectivity index is -0.000000333. The Bertz CT molecular complexity index is 481. The van der Waals surface area contributed by atoms with Crippen LogP contribution in [0.5, 0.6) is 0 Å². The highest BCUT2D eigenvalue weighted by molar-refractivity contribution is 5.69. The van der Waals surface area contributed by atoms with Gasteiger partial charge >= 0.3 is 0 Å². The van der Waals surface area contributed by atoms with Crippen molar-refractivity contribution in [2.24, 2.45) is 0 Å². The van der Waals surface area contributed by atoms with E-state index in [-0.39, 0.29) is 0 Å². The Kier molecular flexibility index (Phi) is 25.9. The zero-order chi connectivity index (χ0) is 19.2. The molecule has 0 aromatic heterocycles. The minimum atomic E-state index is 1.05. The normalized spacial score (nSPS) is 9.88. The van der Waals surface area contributed by atoms with Gasteiger partial charge in [0.05, 0.1) is 0 Å². The Morgan fingerprint density at radius 1 is 0.917 bits per heavy atom. The molecule has 0 saturated carbocycles. The molecule has 0 aliphatic heterocycles. The largest absolute Gasteiger partial charge is 0.0991 e. The van der Waals surface area contributed by atoms with Crippen LogP contribution in [0, 0.1) is 6.92 Å². The van der Waals surface area contributed by atoms with Crippen LogP contribution in [0.15, 0.2) is 80.0 Å². The third-order valence-electron chi connectivity index (χ3n) is 2.85. The van der Waals surface area contributed by atoms with E-state index in [0.29, 0.717) is 0 Å². The second kappa shape index (κ2) is 23.2. The van der Waals surface area contributed by atoms with Gasteiger partial charge in [0.2, 0.25) is 0 Å². The van der Waals surface area contributed by atoms with Crippen molar-refractivity contribution in [2.75, 3.05) is 0 Å². The molecule has 0 bridgehead atoms. The molecule has 0 fully saturated rings. The van der Waals surface area contributed by atoms with E-state index in [1.165, 1.54) is 16.7 Å². The molecule has 0 nitrogen and oxygen atoms in total. The summed E-state index contributed by atoms with van der Waals surface area (Å²) in [4.78, 5) is 0. The van der Waals surface area contributed by atoms with Crippen molar-refractivity contribution in [3.05, 3.63) is 91.1 Å².